The van der Waals surface area contributed by atoms with Crippen molar-refractivity contribution in [3.05, 3.63) is 66.6 Å². The number of allylic oxidation sites excluding steroid dienone is 1. The Morgan fingerprint density at radius 3 is 2.95 bits per heavy atom. The number of hydrogen-bond donors (Lipinski definition) is 1. The van der Waals surface area contributed by atoms with Gasteiger partial charge < -0.3 is 9.15 Å². The first-order chi connectivity index (χ1) is 10.3. The highest BCUT2D eigenvalue weighted by Gasteiger charge is 2.05. The molecule has 0 radical (unpaired) electrons. The molecule has 5 nitrogen and oxygen atoms in total. The molecule has 1 aromatic carbocycles. The van der Waals surface area contributed by atoms with E-state index in [1.165, 1.54) is 12.5 Å². The fourth-order valence-corrected chi connectivity index (χ4v) is 1.68. The third-order valence-electron chi connectivity index (χ3n) is 2.62. The number of hydrogen-bond acceptors (Lipinski definition) is 4. The standard InChI is InChI=1S/C16H16N2O3/c1-2-6-13-7-3-4-9-15(13)21-12-16(19)18-17-11-14-8-5-10-20-14/h2-5,7-11H,1,6,12H2,(H,18,19)/b17-11-. The average molecular weight is 284 g/mol. The van der Waals surface area contributed by atoms with E-state index in [1.807, 2.05) is 24.3 Å². The maximum absolute atomic E-state index is 11.6. The van der Waals surface area contributed by atoms with Crippen LogP contribution >= 0.6 is 0 Å². The van der Waals surface area contributed by atoms with Gasteiger partial charge in [0.25, 0.3) is 5.91 Å². The van der Waals surface area contributed by atoms with Crippen LogP contribution in [0.3, 0.4) is 0 Å². The Kier molecular flexibility index (Phi) is 5.34. The van der Waals surface area contributed by atoms with Gasteiger partial charge in [-0.15, -0.1) is 6.58 Å². The summed E-state index contributed by atoms with van der Waals surface area (Å²) in [4.78, 5) is 11.6. The van der Waals surface area contributed by atoms with Gasteiger partial charge in [0.05, 0.1) is 12.5 Å². The highest BCUT2D eigenvalue weighted by molar-refractivity contribution is 5.81. The van der Waals surface area contributed by atoms with Crippen LogP contribution in [-0.4, -0.2) is 18.7 Å². The quantitative estimate of drug-likeness (QED) is 0.483. The third kappa shape index (κ3) is 4.65. The molecule has 1 heterocycles. The molecule has 1 N–H and O–H groups in total. The lowest BCUT2D eigenvalue weighted by atomic mass is 10.1. The molecular formula is C16H16N2O3. The van der Waals surface area contributed by atoms with Crippen molar-refractivity contribution in [3.63, 3.8) is 0 Å². The number of ether oxygens (including phenoxy) is 1. The molecule has 0 bridgehead atoms. The number of benzene rings is 1. The molecule has 0 spiro atoms. The van der Waals surface area contributed by atoms with Crippen LogP contribution in [0.25, 0.3) is 0 Å². The minimum absolute atomic E-state index is 0.107. The lowest BCUT2D eigenvalue weighted by Crippen LogP contribution is -2.24. The second-order valence-electron chi connectivity index (χ2n) is 4.20. The van der Waals surface area contributed by atoms with Crippen LogP contribution in [-0.2, 0) is 11.2 Å². The number of amides is 1. The highest BCUT2D eigenvalue weighted by atomic mass is 16.5. The van der Waals surface area contributed by atoms with Crippen LogP contribution in [0.5, 0.6) is 5.75 Å². The molecule has 2 aromatic rings. The summed E-state index contributed by atoms with van der Waals surface area (Å²) in [6.07, 6.45) is 5.43. The zero-order valence-corrected chi connectivity index (χ0v) is 11.5. The molecular weight excluding hydrogens is 268 g/mol. The minimum atomic E-state index is -0.341. The summed E-state index contributed by atoms with van der Waals surface area (Å²) in [6.45, 7) is 3.59. The van der Waals surface area contributed by atoms with E-state index in [-0.39, 0.29) is 12.5 Å². The van der Waals surface area contributed by atoms with Crippen LogP contribution in [0.15, 0.2) is 64.8 Å². The van der Waals surface area contributed by atoms with E-state index < -0.39 is 0 Å². The van der Waals surface area contributed by atoms with Gasteiger partial charge in [-0.05, 0) is 30.2 Å². The Morgan fingerprint density at radius 1 is 1.33 bits per heavy atom. The molecule has 0 atom stereocenters. The van der Waals surface area contributed by atoms with Crippen molar-refractivity contribution in [2.24, 2.45) is 5.10 Å². The minimum Gasteiger partial charge on any atom is -0.483 e. The molecule has 2 rings (SSSR count). The van der Waals surface area contributed by atoms with Crippen LogP contribution in [0.1, 0.15) is 11.3 Å². The average Bonchev–Trinajstić information content (AvgIpc) is 3.00. The normalized spacial score (nSPS) is 10.5. The molecule has 0 fully saturated rings. The van der Waals surface area contributed by atoms with Gasteiger partial charge in [-0.1, -0.05) is 24.3 Å². The monoisotopic (exact) mass is 284 g/mol. The van der Waals surface area contributed by atoms with Crippen molar-refractivity contribution in [1.29, 1.82) is 0 Å². The Labute approximate surface area is 122 Å². The van der Waals surface area contributed by atoms with E-state index >= 15 is 0 Å². The fourth-order valence-electron chi connectivity index (χ4n) is 1.68. The Morgan fingerprint density at radius 2 is 2.19 bits per heavy atom. The Bertz CT molecular complexity index is 618. The first kappa shape index (κ1) is 14.6. The molecule has 5 heteroatoms. The van der Waals surface area contributed by atoms with Gasteiger partial charge in [-0.3, -0.25) is 4.79 Å². The number of nitrogens with zero attached hydrogens (tertiary/aromatic N) is 1. The zero-order chi connectivity index (χ0) is 14.9. The molecule has 0 unspecified atom stereocenters. The fraction of sp³-hybridized carbons (Fsp3) is 0.125. The summed E-state index contributed by atoms with van der Waals surface area (Å²) in [5.41, 5.74) is 3.35. The second-order valence-corrected chi connectivity index (χ2v) is 4.20. The molecule has 0 aliphatic carbocycles. The third-order valence-corrected chi connectivity index (χ3v) is 2.62. The van der Waals surface area contributed by atoms with Gasteiger partial charge in [0.2, 0.25) is 0 Å². The largest absolute Gasteiger partial charge is 0.483 e. The van der Waals surface area contributed by atoms with Gasteiger partial charge in [0, 0.05) is 0 Å². The molecule has 0 aliphatic heterocycles. The number of rotatable bonds is 7. The number of para-hydroxylation sites is 1. The maximum atomic E-state index is 11.6. The number of carbonyl (C=O) groups excluding carboxylic acids is 1. The summed E-state index contributed by atoms with van der Waals surface area (Å²) in [5, 5.41) is 3.77. The van der Waals surface area contributed by atoms with E-state index in [4.69, 9.17) is 9.15 Å². The summed E-state index contributed by atoms with van der Waals surface area (Å²) < 4.78 is 10.5. The highest BCUT2D eigenvalue weighted by Crippen LogP contribution is 2.18. The zero-order valence-electron chi connectivity index (χ0n) is 11.5. The summed E-state index contributed by atoms with van der Waals surface area (Å²) in [5.74, 6) is 0.890. The number of hydrazone groups is 1. The maximum Gasteiger partial charge on any atom is 0.277 e. The lowest BCUT2D eigenvalue weighted by molar-refractivity contribution is -0.123. The van der Waals surface area contributed by atoms with Crippen molar-refractivity contribution >= 4 is 12.1 Å². The topological polar surface area (TPSA) is 63.8 Å². The van der Waals surface area contributed by atoms with Crippen LogP contribution in [0.4, 0.5) is 0 Å². The van der Waals surface area contributed by atoms with Gasteiger partial charge in [-0.2, -0.15) is 5.10 Å². The van der Waals surface area contributed by atoms with Gasteiger partial charge >= 0.3 is 0 Å². The van der Waals surface area contributed by atoms with Crippen molar-refractivity contribution in [2.75, 3.05) is 6.61 Å². The predicted molar refractivity (Wildman–Crippen MR) is 80.3 cm³/mol. The van der Waals surface area contributed by atoms with Gasteiger partial charge in [0.1, 0.15) is 11.5 Å². The SMILES string of the molecule is C=CCc1ccccc1OCC(=O)N/N=C\c1ccco1. The van der Waals surface area contributed by atoms with Crippen LogP contribution in [0, 0.1) is 0 Å². The van der Waals surface area contributed by atoms with E-state index in [1.54, 1.807) is 18.2 Å². The first-order valence-electron chi connectivity index (χ1n) is 6.46. The summed E-state index contributed by atoms with van der Waals surface area (Å²) >= 11 is 0. The smallest absolute Gasteiger partial charge is 0.277 e. The number of nitrogens with one attached hydrogen (secondary N) is 1. The Hall–Kier alpha value is -2.82. The lowest BCUT2D eigenvalue weighted by Gasteiger charge is -2.09. The molecule has 108 valence electrons. The molecule has 0 saturated carbocycles. The number of carbonyl (C=O) groups is 1. The second kappa shape index (κ2) is 7.69. The molecule has 0 aliphatic rings. The number of furan rings is 1. The van der Waals surface area contributed by atoms with Crippen LogP contribution < -0.4 is 10.2 Å². The van der Waals surface area contributed by atoms with E-state index in [9.17, 15) is 4.79 Å². The van der Waals surface area contributed by atoms with E-state index in [0.717, 1.165) is 5.56 Å². The predicted octanol–water partition coefficient (Wildman–Crippen LogP) is 2.54. The van der Waals surface area contributed by atoms with E-state index in [0.29, 0.717) is 17.9 Å². The van der Waals surface area contributed by atoms with Crippen molar-refractivity contribution in [1.82, 2.24) is 5.43 Å². The van der Waals surface area contributed by atoms with Crippen molar-refractivity contribution in [3.8, 4) is 5.75 Å². The summed E-state index contributed by atoms with van der Waals surface area (Å²) in [7, 11) is 0. The van der Waals surface area contributed by atoms with Crippen molar-refractivity contribution in [2.45, 2.75) is 6.42 Å². The molecule has 21 heavy (non-hydrogen) atoms. The molecule has 1 aromatic heterocycles. The Balaban J connectivity index is 1.82. The molecule has 1 amide bonds. The first-order valence-corrected chi connectivity index (χ1v) is 6.46. The van der Waals surface area contributed by atoms with Gasteiger partial charge in [0.15, 0.2) is 6.61 Å². The molecule has 0 saturated heterocycles. The van der Waals surface area contributed by atoms with Crippen molar-refractivity contribution < 1.29 is 13.9 Å². The summed E-state index contributed by atoms with van der Waals surface area (Å²) in [6, 6.07) is 11.0. The van der Waals surface area contributed by atoms with Gasteiger partial charge in [-0.25, -0.2) is 5.43 Å². The van der Waals surface area contributed by atoms with E-state index in [2.05, 4.69) is 17.1 Å². The van der Waals surface area contributed by atoms with Crippen LogP contribution in [0.2, 0.25) is 0 Å².